The minimum Gasteiger partial charge on any atom is -0.358 e. The van der Waals surface area contributed by atoms with Crippen LogP contribution in [0, 0.1) is 0 Å². The fourth-order valence-electron chi connectivity index (χ4n) is 3.60. The number of nitrogens with one attached hydrogen (secondary N) is 2. The van der Waals surface area contributed by atoms with Crippen LogP contribution in [0.25, 0.3) is 27.6 Å². The maximum atomic E-state index is 13.6. The first-order valence-corrected chi connectivity index (χ1v) is 10.6. The lowest BCUT2D eigenvalue weighted by atomic mass is 10.1. The maximum absolute atomic E-state index is 13.6. The van der Waals surface area contributed by atoms with Gasteiger partial charge in [0.2, 0.25) is 0 Å². The summed E-state index contributed by atoms with van der Waals surface area (Å²) in [7, 11) is 0. The number of anilines is 1. The number of hydrogen-bond acceptors (Lipinski definition) is 7. The monoisotopic (exact) mass is 466 g/mol. The average molecular weight is 467 g/mol. The number of H-pyrrole nitrogens is 1. The fraction of sp³-hybridized carbons (Fsp3) is 0.143. The van der Waals surface area contributed by atoms with Crippen molar-refractivity contribution in [1.82, 2.24) is 34.7 Å². The maximum Gasteiger partial charge on any atom is 0.267 e. The van der Waals surface area contributed by atoms with Gasteiger partial charge in [-0.2, -0.15) is 5.10 Å². The van der Waals surface area contributed by atoms with Crippen LogP contribution >= 0.6 is 23.2 Å². The largest absolute Gasteiger partial charge is 0.358 e. The number of hydrogen-bond donors (Lipinski definition) is 2. The van der Waals surface area contributed by atoms with E-state index in [9.17, 15) is 4.79 Å². The van der Waals surface area contributed by atoms with Crippen LogP contribution in [0.2, 0.25) is 10.0 Å². The Kier molecular flexibility index (Phi) is 5.20. The Bertz CT molecular complexity index is 1490. The third kappa shape index (κ3) is 3.35. The summed E-state index contributed by atoms with van der Waals surface area (Å²) in [6, 6.07) is 6.47. The molecule has 0 radical (unpaired) electrons. The molecule has 1 atom stereocenters. The van der Waals surface area contributed by atoms with Crippen LogP contribution in [0.15, 0.2) is 54.0 Å². The van der Waals surface area contributed by atoms with Crippen LogP contribution < -0.4 is 10.9 Å². The fourth-order valence-corrected chi connectivity index (χ4v) is 4.03. The first-order valence-electron chi connectivity index (χ1n) is 9.80. The van der Waals surface area contributed by atoms with Crippen molar-refractivity contribution in [3.05, 3.63) is 75.4 Å². The van der Waals surface area contributed by atoms with Gasteiger partial charge in [-0.15, -0.1) is 0 Å². The molecule has 0 aliphatic carbocycles. The van der Waals surface area contributed by atoms with Crippen LogP contribution in [0.5, 0.6) is 0 Å². The van der Waals surface area contributed by atoms with Crippen molar-refractivity contribution in [2.45, 2.75) is 19.4 Å². The van der Waals surface area contributed by atoms with E-state index in [1.807, 2.05) is 19.1 Å². The normalized spacial score (nSPS) is 12.3. The molecule has 9 nitrogen and oxygen atoms in total. The molecule has 0 unspecified atom stereocenters. The number of rotatable bonds is 5. The standard InChI is InChI=1S/C21H16Cl2N8O/c1-2-14(29-19-18-15(25-10-26-19)4-3-7-24-18)20-30-17-13(23)6-5-12(22)16(17)21(32)31(20)11-8-27-28-9-11/h3-10,14H,2H2,1H3,(H,27,28)(H,25,26,29)/t14-/m0/s1. The molecule has 4 aromatic heterocycles. The van der Waals surface area contributed by atoms with E-state index in [2.05, 4.69) is 30.5 Å². The van der Waals surface area contributed by atoms with Gasteiger partial charge in [0.15, 0.2) is 5.82 Å². The van der Waals surface area contributed by atoms with Crippen LogP contribution in [0.3, 0.4) is 0 Å². The highest BCUT2D eigenvalue weighted by atomic mass is 35.5. The van der Waals surface area contributed by atoms with Gasteiger partial charge < -0.3 is 5.32 Å². The summed E-state index contributed by atoms with van der Waals surface area (Å²) >= 11 is 12.7. The van der Waals surface area contributed by atoms with Crippen molar-refractivity contribution >= 4 is 51.0 Å². The predicted octanol–water partition coefficient (Wildman–Crippen LogP) is 4.32. The third-order valence-corrected chi connectivity index (χ3v) is 5.74. The lowest BCUT2D eigenvalue weighted by molar-refractivity contribution is 0.659. The Morgan fingerprint density at radius 1 is 1.12 bits per heavy atom. The molecule has 0 aliphatic rings. The summed E-state index contributed by atoms with van der Waals surface area (Å²) in [6.45, 7) is 1.98. The number of fused-ring (bicyclic) bond motifs is 2. The van der Waals surface area contributed by atoms with E-state index in [-0.39, 0.29) is 16.0 Å². The van der Waals surface area contributed by atoms with Crippen LogP contribution in [-0.4, -0.2) is 34.7 Å². The summed E-state index contributed by atoms with van der Waals surface area (Å²) in [6.07, 6.45) is 6.89. The minimum absolute atomic E-state index is 0.244. The quantitative estimate of drug-likeness (QED) is 0.396. The van der Waals surface area contributed by atoms with Crippen LogP contribution in [-0.2, 0) is 0 Å². The highest BCUT2D eigenvalue weighted by Gasteiger charge is 2.24. The molecule has 11 heteroatoms. The molecule has 1 aromatic carbocycles. The summed E-state index contributed by atoms with van der Waals surface area (Å²) in [5.74, 6) is 0.978. The molecule has 0 spiro atoms. The van der Waals surface area contributed by atoms with Gasteiger partial charge in [-0.25, -0.2) is 15.0 Å². The average Bonchev–Trinajstić information content (AvgIpc) is 3.34. The molecule has 0 amide bonds. The molecule has 5 rings (SSSR count). The van der Waals surface area contributed by atoms with E-state index >= 15 is 0 Å². The number of benzene rings is 1. The van der Waals surface area contributed by atoms with E-state index in [1.54, 1.807) is 30.7 Å². The van der Waals surface area contributed by atoms with E-state index in [4.69, 9.17) is 28.2 Å². The molecule has 0 aliphatic heterocycles. The zero-order valence-electron chi connectivity index (χ0n) is 16.8. The molecule has 0 bridgehead atoms. The zero-order valence-corrected chi connectivity index (χ0v) is 18.3. The lowest BCUT2D eigenvalue weighted by Gasteiger charge is -2.22. The van der Waals surface area contributed by atoms with Gasteiger partial charge in [-0.3, -0.25) is 19.4 Å². The summed E-state index contributed by atoms with van der Waals surface area (Å²) in [5.41, 5.74) is 1.84. The molecular weight excluding hydrogens is 451 g/mol. The number of aromatic amines is 1. The lowest BCUT2D eigenvalue weighted by Crippen LogP contribution is -2.28. The van der Waals surface area contributed by atoms with Gasteiger partial charge in [0.1, 0.15) is 17.7 Å². The molecule has 160 valence electrons. The summed E-state index contributed by atoms with van der Waals surface area (Å²) < 4.78 is 1.48. The highest BCUT2D eigenvalue weighted by molar-refractivity contribution is 6.39. The second kappa shape index (κ2) is 8.18. The van der Waals surface area contributed by atoms with E-state index < -0.39 is 6.04 Å². The van der Waals surface area contributed by atoms with E-state index in [0.717, 1.165) is 0 Å². The van der Waals surface area contributed by atoms with Gasteiger partial charge in [0.05, 0.1) is 44.4 Å². The molecule has 0 saturated carbocycles. The van der Waals surface area contributed by atoms with Gasteiger partial charge in [0, 0.05) is 12.4 Å². The highest BCUT2D eigenvalue weighted by Crippen LogP contribution is 2.30. The van der Waals surface area contributed by atoms with Gasteiger partial charge in [-0.1, -0.05) is 30.1 Å². The summed E-state index contributed by atoms with van der Waals surface area (Å²) in [4.78, 5) is 31.4. The van der Waals surface area contributed by atoms with Crippen molar-refractivity contribution in [3.8, 4) is 5.69 Å². The molecule has 32 heavy (non-hydrogen) atoms. The predicted molar refractivity (Wildman–Crippen MR) is 123 cm³/mol. The molecule has 0 fully saturated rings. The van der Waals surface area contributed by atoms with Crippen molar-refractivity contribution < 1.29 is 0 Å². The van der Waals surface area contributed by atoms with Gasteiger partial charge in [0.25, 0.3) is 5.56 Å². The van der Waals surface area contributed by atoms with Gasteiger partial charge in [-0.05, 0) is 30.7 Å². The van der Waals surface area contributed by atoms with Crippen molar-refractivity contribution in [2.24, 2.45) is 0 Å². The minimum atomic E-state index is -0.405. The Labute approximate surface area is 191 Å². The topological polar surface area (TPSA) is 114 Å². The van der Waals surface area contributed by atoms with E-state index in [1.165, 1.54) is 10.9 Å². The van der Waals surface area contributed by atoms with Crippen molar-refractivity contribution in [1.29, 1.82) is 0 Å². The van der Waals surface area contributed by atoms with Gasteiger partial charge >= 0.3 is 0 Å². The second-order valence-electron chi connectivity index (χ2n) is 7.02. The Morgan fingerprint density at radius 2 is 1.97 bits per heavy atom. The Morgan fingerprint density at radius 3 is 2.75 bits per heavy atom. The smallest absolute Gasteiger partial charge is 0.267 e. The SMILES string of the molecule is CC[C@H](Nc1ncnc2cccnc12)c1nc2c(Cl)ccc(Cl)c2c(=O)n1-c1cn[nH]c1. The van der Waals surface area contributed by atoms with Crippen molar-refractivity contribution in [3.63, 3.8) is 0 Å². The number of halogens is 2. The first-order chi connectivity index (χ1) is 15.6. The molecular formula is C21H16Cl2N8O. The van der Waals surface area contributed by atoms with E-state index in [0.29, 0.717) is 45.3 Å². The summed E-state index contributed by atoms with van der Waals surface area (Å²) in [5, 5.41) is 11.0. The van der Waals surface area contributed by atoms with Crippen LogP contribution in [0.1, 0.15) is 25.2 Å². The Balaban J connectivity index is 1.75. The van der Waals surface area contributed by atoms with Crippen LogP contribution in [0.4, 0.5) is 5.82 Å². The first kappa shape index (κ1) is 20.3. The molecule has 2 N–H and O–H groups in total. The number of nitrogens with zero attached hydrogens (tertiary/aromatic N) is 6. The molecule has 0 saturated heterocycles. The molecule has 5 aromatic rings. The number of aromatic nitrogens is 7. The van der Waals surface area contributed by atoms with Crippen molar-refractivity contribution in [2.75, 3.05) is 5.32 Å². The second-order valence-corrected chi connectivity index (χ2v) is 7.83. The molecule has 4 heterocycles. The third-order valence-electron chi connectivity index (χ3n) is 5.12. The number of pyridine rings is 1. The Hall–Kier alpha value is -3.56. The zero-order chi connectivity index (χ0) is 22.2.